The Morgan fingerprint density at radius 2 is 2.06 bits per heavy atom. The number of aliphatic hydroxyl groups excluding tert-OH is 1. The van der Waals surface area contributed by atoms with Crippen LogP contribution in [0.15, 0.2) is 18.2 Å². The number of hydrogen-bond acceptors (Lipinski definition) is 4. The van der Waals surface area contributed by atoms with Crippen molar-refractivity contribution in [2.75, 3.05) is 32.9 Å². The van der Waals surface area contributed by atoms with Crippen LogP contribution in [0.2, 0.25) is 0 Å². The van der Waals surface area contributed by atoms with Gasteiger partial charge in [0.25, 0.3) is 0 Å². The van der Waals surface area contributed by atoms with E-state index in [2.05, 4.69) is 17.0 Å². The zero-order valence-electron chi connectivity index (χ0n) is 10.5. The molecule has 1 aromatic rings. The van der Waals surface area contributed by atoms with E-state index in [-0.39, 0.29) is 0 Å². The largest absolute Gasteiger partial charge is 0.486 e. The zero-order valence-corrected chi connectivity index (χ0v) is 10.5. The summed E-state index contributed by atoms with van der Waals surface area (Å²) in [6.45, 7) is 4.55. The van der Waals surface area contributed by atoms with Crippen molar-refractivity contribution in [3.63, 3.8) is 0 Å². The Labute approximate surface area is 107 Å². The Kier molecular flexibility index (Phi) is 3.39. The molecule has 4 heteroatoms. The highest BCUT2D eigenvalue weighted by Crippen LogP contribution is 2.31. The third-order valence-electron chi connectivity index (χ3n) is 3.64. The maximum absolute atomic E-state index is 9.14. The summed E-state index contributed by atoms with van der Waals surface area (Å²) < 4.78 is 11.1. The number of rotatable bonds is 3. The van der Waals surface area contributed by atoms with Gasteiger partial charge in [0.2, 0.25) is 0 Å². The Hall–Kier alpha value is -1.26. The average Bonchev–Trinajstić information content (AvgIpc) is 2.86. The molecule has 1 saturated heterocycles. The van der Waals surface area contributed by atoms with E-state index in [0.717, 1.165) is 37.6 Å². The average molecular weight is 249 g/mol. The van der Waals surface area contributed by atoms with Crippen molar-refractivity contribution < 1.29 is 14.6 Å². The second-order valence-electron chi connectivity index (χ2n) is 5.05. The molecule has 1 N–H and O–H groups in total. The maximum Gasteiger partial charge on any atom is 0.161 e. The van der Waals surface area contributed by atoms with Gasteiger partial charge in [-0.15, -0.1) is 0 Å². The van der Waals surface area contributed by atoms with Gasteiger partial charge in [-0.05, 0) is 36.6 Å². The van der Waals surface area contributed by atoms with Crippen molar-refractivity contribution in [2.45, 2.75) is 13.0 Å². The van der Waals surface area contributed by atoms with Crippen molar-refractivity contribution in [1.29, 1.82) is 0 Å². The number of benzene rings is 1. The zero-order chi connectivity index (χ0) is 12.4. The molecule has 2 aliphatic rings. The first kappa shape index (κ1) is 11.8. The summed E-state index contributed by atoms with van der Waals surface area (Å²) in [5, 5.41) is 9.14. The van der Waals surface area contributed by atoms with Gasteiger partial charge in [0.05, 0.1) is 0 Å². The molecule has 0 amide bonds. The summed E-state index contributed by atoms with van der Waals surface area (Å²) in [6.07, 6.45) is 1.10. The molecule has 2 heterocycles. The van der Waals surface area contributed by atoms with Gasteiger partial charge >= 0.3 is 0 Å². The molecule has 4 nitrogen and oxygen atoms in total. The first-order valence-electron chi connectivity index (χ1n) is 6.57. The Balaban J connectivity index is 1.66. The number of aliphatic hydroxyl groups is 1. The quantitative estimate of drug-likeness (QED) is 0.876. The van der Waals surface area contributed by atoms with Gasteiger partial charge in [-0.3, -0.25) is 4.90 Å². The molecular weight excluding hydrogens is 230 g/mol. The van der Waals surface area contributed by atoms with Crippen molar-refractivity contribution in [3.05, 3.63) is 23.8 Å². The fourth-order valence-corrected chi connectivity index (χ4v) is 2.65. The number of ether oxygens (including phenoxy) is 2. The standard InChI is InChI=1S/C14H19NO3/c16-10-12-3-4-15(9-12)8-11-1-2-13-14(7-11)18-6-5-17-13/h1-2,7,12,16H,3-6,8-10H2. The number of likely N-dealkylation sites (tertiary alicyclic amines) is 1. The summed E-state index contributed by atoms with van der Waals surface area (Å²) in [5.41, 5.74) is 1.25. The summed E-state index contributed by atoms with van der Waals surface area (Å²) in [4.78, 5) is 2.38. The van der Waals surface area contributed by atoms with Gasteiger partial charge in [0, 0.05) is 19.7 Å². The molecule has 18 heavy (non-hydrogen) atoms. The second-order valence-corrected chi connectivity index (χ2v) is 5.05. The topological polar surface area (TPSA) is 41.9 Å². The van der Waals surface area contributed by atoms with Crippen LogP contribution in [0.4, 0.5) is 0 Å². The van der Waals surface area contributed by atoms with Crippen molar-refractivity contribution >= 4 is 0 Å². The lowest BCUT2D eigenvalue weighted by atomic mass is 10.1. The lowest BCUT2D eigenvalue weighted by molar-refractivity contribution is 0.171. The lowest BCUT2D eigenvalue weighted by Gasteiger charge is -2.20. The van der Waals surface area contributed by atoms with Crippen molar-refractivity contribution in [2.24, 2.45) is 5.92 Å². The van der Waals surface area contributed by atoms with Gasteiger partial charge in [-0.25, -0.2) is 0 Å². The fourth-order valence-electron chi connectivity index (χ4n) is 2.65. The van der Waals surface area contributed by atoms with E-state index in [0.29, 0.717) is 25.7 Å². The van der Waals surface area contributed by atoms with E-state index < -0.39 is 0 Å². The summed E-state index contributed by atoms with van der Waals surface area (Å²) in [6, 6.07) is 6.16. The molecule has 0 radical (unpaired) electrons. The van der Waals surface area contributed by atoms with Crippen LogP contribution >= 0.6 is 0 Å². The minimum atomic E-state index is 0.303. The molecule has 0 bridgehead atoms. The third kappa shape index (κ3) is 2.44. The molecule has 0 spiro atoms. The molecule has 0 aliphatic carbocycles. The number of hydrogen-bond donors (Lipinski definition) is 1. The minimum Gasteiger partial charge on any atom is -0.486 e. The second kappa shape index (κ2) is 5.16. The summed E-state index contributed by atoms with van der Waals surface area (Å²) >= 11 is 0. The van der Waals surface area contributed by atoms with Gasteiger partial charge in [0.15, 0.2) is 11.5 Å². The molecule has 1 aromatic carbocycles. The van der Waals surface area contributed by atoms with E-state index >= 15 is 0 Å². The first-order valence-corrected chi connectivity index (χ1v) is 6.57. The summed E-state index contributed by atoms with van der Waals surface area (Å²) in [5.74, 6) is 2.15. The van der Waals surface area contributed by atoms with E-state index in [1.54, 1.807) is 0 Å². The predicted molar refractivity (Wildman–Crippen MR) is 67.9 cm³/mol. The first-order chi connectivity index (χ1) is 8.85. The molecule has 1 unspecified atom stereocenters. The van der Waals surface area contributed by atoms with Gasteiger partial charge in [-0.1, -0.05) is 6.07 Å². The normalized spacial score (nSPS) is 23.3. The molecule has 0 aromatic heterocycles. The van der Waals surface area contributed by atoms with Crippen LogP contribution in [-0.4, -0.2) is 42.9 Å². The highest BCUT2D eigenvalue weighted by Gasteiger charge is 2.22. The SMILES string of the molecule is OCC1CCN(Cc2ccc3c(c2)OCCO3)C1. The molecule has 3 rings (SSSR count). The fraction of sp³-hybridized carbons (Fsp3) is 0.571. The maximum atomic E-state index is 9.14. The van der Waals surface area contributed by atoms with Crippen LogP contribution in [0.1, 0.15) is 12.0 Å². The summed E-state index contributed by atoms with van der Waals surface area (Å²) in [7, 11) is 0. The van der Waals surface area contributed by atoms with Crippen LogP contribution in [0.25, 0.3) is 0 Å². The monoisotopic (exact) mass is 249 g/mol. The number of fused-ring (bicyclic) bond motifs is 1. The molecule has 2 aliphatic heterocycles. The van der Waals surface area contributed by atoms with E-state index in [1.165, 1.54) is 5.56 Å². The molecule has 0 saturated carbocycles. The lowest BCUT2D eigenvalue weighted by Crippen LogP contribution is -2.21. The van der Waals surface area contributed by atoms with Gasteiger partial charge in [-0.2, -0.15) is 0 Å². The third-order valence-corrected chi connectivity index (χ3v) is 3.64. The van der Waals surface area contributed by atoms with E-state index in [9.17, 15) is 0 Å². The molecule has 1 fully saturated rings. The Morgan fingerprint density at radius 1 is 1.22 bits per heavy atom. The molecule has 1 atom stereocenters. The molecular formula is C14H19NO3. The van der Waals surface area contributed by atoms with E-state index in [1.807, 2.05) is 6.07 Å². The van der Waals surface area contributed by atoms with Crippen LogP contribution in [0, 0.1) is 5.92 Å². The number of nitrogens with zero attached hydrogens (tertiary/aromatic N) is 1. The van der Waals surface area contributed by atoms with Crippen molar-refractivity contribution in [3.8, 4) is 11.5 Å². The van der Waals surface area contributed by atoms with Crippen LogP contribution in [0.5, 0.6) is 11.5 Å². The van der Waals surface area contributed by atoms with Gasteiger partial charge in [0.1, 0.15) is 13.2 Å². The van der Waals surface area contributed by atoms with Gasteiger partial charge < -0.3 is 14.6 Å². The Morgan fingerprint density at radius 3 is 2.83 bits per heavy atom. The highest BCUT2D eigenvalue weighted by molar-refractivity contribution is 5.43. The van der Waals surface area contributed by atoms with Crippen LogP contribution in [-0.2, 0) is 6.54 Å². The highest BCUT2D eigenvalue weighted by atomic mass is 16.6. The Bertz CT molecular complexity index is 422. The van der Waals surface area contributed by atoms with Crippen molar-refractivity contribution in [1.82, 2.24) is 4.90 Å². The van der Waals surface area contributed by atoms with E-state index in [4.69, 9.17) is 14.6 Å². The molecule has 98 valence electrons. The smallest absolute Gasteiger partial charge is 0.161 e. The predicted octanol–water partition coefficient (Wildman–Crippen LogP) is 1.27. The minimum absolute atomic E-state index is 0.303. The van der Waals surface area contributed by atoms with Crippen LogP contribution in [0.3, 0.4) is 0 Å². The van der Waals surface area contributed by atoms with Crippen LogP contribution < -0.4 is 9.47 Å².